The highest BCUT2D eigenvalue weighted by atomic mass is 35.5. The topological polar surface area (TPSA) is 101 Å². The Bertz CT molecular complexity index is 701. The minimum atomic E-state index is -3.79. The maximum Gasteiger partial charge on any atom is 0.242 e. The van der Waals surface area contributed by atoms with Gasteiger partial charge in [0, 0.05) is 29.9 Å². The molecule has 0 aliphatic rings. The van der Waals surface area contributed by atoms with Gasteiger partial charge >= 0.3 is 0 Å². The summed E-state index contributed by atoms with van der Waals surface area (Å²) in [4.78, 5) is -0.0874. The minimum Gasteiger partial charge on any atom is -0.326 e. The summed E-state index contributed by atoms with van der Waals surface area (Å²) in [6.45, 7) is 0.198. The van der Waals surface area contributed by atoms with E-state index < -0.39 is 10.0 Å². The third-order valence-corrected chi connectivity index (χ3v) is 4.81. The Hall–Kier alpha value is -1.12. The number of hydrogen-bond donors (Lipinski definition) is 3. The van der Waals surface area contributed by atoms with Crippen LogP contribution < -0.4 is 10.5 Å². The summed E-state index contributed by atoms with van der Waals surface area (Å²) in [5, 5.41) is 6.67. The number of benzene rings is 1. The second-order valence-corrected chi connectivity index (χ2v) is 6.56. The molecule has 1 aromatic heterocycles. The zero-order valence-electron chi connectivity index (χ0n) is 10.2. The highest BCUT2D eigenvalue weighted by molar-refractivity contribution is 7.89. The van der Waals surface area contributed by atoms with Gasteiger partial charge in [-0.05, 0) is 17.7 Å². The number of nitrogens with zero attached hydrogens (tertiary/aromatic N) is 1. The number of halogens is 2. The third kappa shape index (κ3) is 3.31. The maximum atomic E-state index is 12.2. The average molecular weight is 335 g/mol. The lowest BCUT2D eigenvalue weighted by molar-refractivity contribution is 0.581. The second-order valence-electron chi connectivity index (χ2n) is 4.01. The molecule has 0 fully saturated rings. The number of nitrogens with two attached hydrogens (primary N) is 1. The molecule has 0 unspecified atom stereocenters. The number of aromatic nitrogens is 2. The standard InChI is InChI=1S/C11H12Cl2N4O2S/c12-9-1-8(3-14)11(13)10(2-9)20(18,19)17-6-7-4-15-16-5-7/h1-2,4-5,17H,3,6,14H2,(H,15,16). The Labute approximate surface area is 126 Å². The average Bonchev–Trinajstić information content (AvgIpc) is 2.92. The van der Waals surface area contributed by atoms with Crippen LogP contribution in [0.4, 0.5) is 0 Å². The zero-order valence-corrected chi connectivity index (χ0v) is 12.6. The van der Waals surface area contributed by atoms with Crippen LogP contribution in [0.2, 0.25) is 10.0 Å². The van der Waals surface area contributed by atoms with Gasteiger partial charge in [0.05, 0.1) is 11.2 Å². The van der Waals surface area contributed by atoms with E-state index in [0.29, 0.717) is 11.1 Å². The van der Waals surface area contributed by atoms with Gasteiger partial charge < -0.3 is 5.73 Å². The van der Waals surface area contributed by atoms with Crippen molar-refractivity contribution in [1.29, 1.82) is 0 Å². The Balaban J connectivity index is 2.31. The van der Waals surface area contributed by atoms with Crippen molar-refractivity contribution in [3.05, 3.63) is 45.7 Å². The van der Waals surface area contributed by atoms with Gasteiger partial charge in [-0.25, -0.2) is 13.1 Å². The molecule has 0 atom stereocenters. The molecule has 0 radical (unpaired) electrons. The normalized spacial score (nSPS) is 11.8. The molecule has 0 spiro atoms. The van der Waals surface area contributed by atoms with Crippen molar-refractivity contribution in [2.75, 3.05) is 0 Å². The van der Waals surface area contributed by atoms with Crippen LogP contribution in [0.15, 0.2) is 29.4 Å². The summed E-state index contributed by atoms with van der Waals surface area (Å²) < 4.78 is 26.9. The zero-order chi connectivity index (χ0) is 14.8. The molecule has 108 valence electrons. The number of nitrogens with one attached hydrogen (secondary N) is 2. The van der Waals surface area contributed by atoms with Gasteiger partial charge in [0.25, 0.3) is 0 Å². The number of aromatic amines is 1. The van der Waals surface area contributed by atoms with Crippen LogP contribution in [-0.2, 0) is 23.1 Å². The number of rotatable bonds is 5. The molecule has 4 N–H and O–H groups in total. The van der Waals surface area contributed by atoms with Crippen molar-refractivity contribution < 1.29 is 8.42 Å². The molecule has 0 aliphatic heterocycles. The number of sulfonamides is 1. The minimum absolute atomic E-state index is 0.0802. The molecule has 0 amide bonds. The lowest BCUT2D eigenvalue weighted by Crippen LogP contribution is -2.23. The van der Waals surface area contributed by atoms with Gasteiger partial charge in [-0.2, -0.15) is 5.10 Å². The summed E-state index contributed by atoms with van der Waals surface area (Å²) in [6.07, 6.45) is 3.11. The molecular formula is C11H12Cl2N4O2S. The molecule has 2 aromatic rings. The summed E-state index contributed by atoms with van der Waals surface area (Å²) >= 11 is 11.9. The summed E-state index contributed by atoms with van der Waals surface area (Å²) in [6, 6.07) is 2.83. The van der Waals surface area contributed by atoms with Gasteiger partial charge in [-0.3, -0.25) is 5.10 Å². The van der Waals surface area contributed by atoms with Crippen molar-refractivity contribution in [1.82, 2.24) is 14.9 Å². The largest absolute Gasteiger partial charge is 0.326 e. The summed E-state index contributed by atoms with van der Waals surface area (Å²) in [5.41, 5.74) is 6.69. The Kier molecular flexibility index (Phi) is 4.66. The van der Waals surface area contributed by atoms with Gasteiger partial charge in [-0.15, -0.1) is 0 Å². The number of hydrogen-bond acceptors (Lipinski definition) is 4. The van der Waals surface area contributed by atoms with Gasteiger partial charge in [-0.1, -0.05) is 23.2 Å². The molecule has 9 heteroatoms. The Morgan fingerprint density at radius 1 is 1.35 bits per heavy atom. The highest BCUT2D eigenvalue weighted by Crippen LogP contribution is 2.29. The van der Waals surface area contributed by atoms with E-state index in [2.05, 4.69) is 14.9 Å². The Morgan fingerprint density at radius 3 is 2.70 bits per heavy atom. The van der Waals surface area contributed by atoms with E-state index in [9.17, 15) is 8.42 Å². The van der Waals surface area contributed by atoms with Crippen molar-refractivity contribution >= 4 is 33.2 Å². The van der Waals surface area contributed by atoms with Crippen LogP contribution in [0.25, 0.3) is 0 Å². The van der Waals surface area contributed by atoms with Crippen molar-refractivity contribution in [2.24, 2.45) is 5.73 Å². The van der Waals surface area contributed by atoms with Crippen molar-refractivity contribution in [3.8, 4) is 0 Å². The third-order valence-electron chi connectivity index (χ3n) is 2.61. The lowest BCUT2D eigenvalue weighted by Gasteiger charge is -2.11. The molecule has 0 saturated carbocycles. The van der Waals surface area contributed by atoms with Gasteiger partial charge in [0.1, 0.15) is 4.90 Å². The lowest BCUT2D eigenvalue weighted by atomic mass is 10.2. The van der Waals surface area contributed by atoms with Crippen LogP contribution in [0.1, 0.15) is 11.1 Å². The van der Waals surface area contributed by atoms with Crippen LogP contribution in [0.3, 0.4) is 0 Å². The Morgan fingerprint density at radius 2 is 2.10 bits per heavy atom. The molecule has 1 aromatic carbocycles. The van der Waals surface area contributed by atoms with Crippen molar-refractivity contribution in [3.63, 3.8) is 0 Å². The first-order valence-electron chi connectivity index (χ1n) is 5.59. The van der Waals surface area contributed by atoms with E-state index in [4.69, 9.17) is 28.9 Å². The van der Waals surface area contributed by atoms with Crippen LogP contribution in [0.5, 0.6) is 0 Å². The maximum absolute atomic E-state index is 12.2. The molecule has 6 nitrogen and oxygen atoms in total. The fourth-order valence-electron chi connectivity index (χ4n) is 1.59. The van der Waals surface area contributed by atoms with E-state index in [1.54, 1.807) is 12.3 Å². The van der Waals surface area contributed by atoms with E-state index in [0.717, 1.165) is 0 Å². The first-order valence-corrected chi connectivity index (χ1v) is 7.83. The quantitative estimate of drug-likeness (QED) is 0.773. The highest BCUT2D eigenvalue weighted by Gasteiger charge is 2.20. The van der Waals surface area contributed by atoms with Crippen LogP contribution in [-0.4, -0.2) is 18.6 Å². The molecule has 20 heavy (non-hydrogen) atoms. The second kappa shape index (κ2) is 6.11. The monoisotopic (exact) mass is 334 g/mol. The van der Waals surface area contributed by atoms with E-state index in [1.807, 2.05) is 0 Å². The molecule has 0 saturated heterocycles. The summed E-state index contributed by atoms with van der Waals surface area (Å²) in [7, 11) is -3.79. The molecule has 0 bridgehead atoms. The predicted molar refractivity (Wildman–Crippen MR) is 77.0 cm³/mol. The number of H-pyrrole nitrogens is 1. The smallest absolute Gasteiger partial charge is 0.242 e. The molecule has 0 aliphatic carbocycles. The van der Waals surface area contributed by atoms with E-state index >= 15 is 0 Å². The SMILES string of the molecule is NCc1cc(Cl)cc(S(=O)(=O)NCc2cn[nH]c2)c1Cl. The fourth-order valence-corrected chi connectivity index (χ4v) is 3.55. The molecule has 2 rings (SSSR count). The van der Waals surface area contributed by atoms with Crippen LogP contribution in [0, 0.1) is 0 Å². The predicted octanol–water partition coefficient (Wildman–Crippen LogP) is 1.65. The van der Waals surface area contributed by atoms with Gasteiger partial charge in [0.2, 0.25) is 10.0 Å². The van der Waals surface area contributed by atoms with E-state index in [1.165, 1.54) is 12.3 Å². The first-order chi connectivity index (χ1) is 9.44. The van der Waals surface area contributed by atoms with Gasteiger partial charge in [0.15, 0.2) is 0 Å². The van der Waals surface area contributed by atoms with E-state index in [-0.39, 0.29) is 28.0 Å². The molecular weight excluding hydrogens is 323 g/mol. The molecule has 1 heterocycles. The van der Waals surface area contributed by atoms with Crippen molar-refractivity contribution in [2.45, 2.75) is 18.0 Å². The summed E-state index contributed by atoms with van der Waals surface area (Å²) in [5.74, 6) is 0. The first kappa shape index (κ1) is 15.3. The van der Waals surface area contributed by atoms with Crippen LogP contribution >= 0.6 is 23.2 Å². The fraction of sp³-hybridized carbons (Fsp3) is 0.182.